The molecule has 0 saturated carbocycles. The van der Waals surface area contributed by atoms with E-state index in [-0.39, 0.29) is 11.3 Å². The molecule has 8 nitrogen and oxygen atoms in total. The number of ether oxygens (including phenoxy) is 1. The number of benzene rings is 3. The molecule has 1 aliphatic heterocycles. The van der Waals surface area contributed by atoms with Crippen LogP contribution >= 0.6 is 0 Å². The summed E-state index contributed by atoms with van der Waals surface area (Å²) in [4.78, 5) is -0.205. The number of hydrogen-bond acceptors (Lipinski definition) is 6. The van der Waals surface area contributed by atoms with Gasteiger partial charge in [-0.3, -0.25) is 4.72 Å². The van der Waals surface area contributed by atoms with Gasteiger partial charge in [0.05, 0.1) is 30.0 Å². The van der Waals surface area contributed by atoms with E-state index >= 15 is 0 Å². The molecule has 178 valence electrons. The average Bonchev–Trinajstić information content (AvgIpc) is 3.25. The van der Waals surface area contributed by atoms with E-state index in [1.165, 1.54) is 25.3 Å². The normalized spacial score (nSPS) is 16.3. The van der Waals surface area contributed by atoms with Gasteiger partial charge in [0.1, 0.15) is 11.6 Å². The highest BCUT2D eigenvalue weighted by Crippen LogP contribution is 2.38. The van der Waals surface area contributed by atoms with Crippen LogP contribution in [0.1, 0.15) is 23.6 Å². The van der Waals surface area contributed by atoms with Crippen molar-refractivity contribution in [2.45, 2.75) is 17.4 Å². The second-order valence-corrected chi connectivity index (χ2v) is 11.3. The third kappa shape index (κ3) is 5.05. The van der Waals surface area contributed by atoms with Crippen LogP contribution in [0.3, 0.4) is 0 Å². The summed E-state index contributed by atoms with van der Waals surface area (Å²) >= 11 is 0. The van der Waals surface area contributed by atoms with Gasteiger partial charge in [0.25, 0.3) is 10.0 Å². The lowest BCUT2D eigenvalue weighted by atomic mass is 9.99. The Hall–Kier alpha value is -3.44. The number of nitrogens with zero attached hydrogens (tertiary/aromatic N) is 2. The van der Waals surface area contributed by atoms with Crippen molar-refractivity contribution in [1.82, 2.24) is 4.41 Å². The summed E-state index contributed by atoms with van der Waals surface area (Å²) in [6.07, 6.45) is 1.32. The first-order valence-electron chi connectivity index (χ1n) is 10.2. The van der Waals surface area contributed by atoms with Gasteiger partial charge in [0.2, 0.25) is 10.0 Å². The van der Waals surface area contributed by atoms with Gasteiger partial charge in [-0.25, -0.2) is 12.8 Å². The molecular formula is C23H22FN3O5S2. The molecule has 0 radical (unpaired) electrons. The number of hydrazone groups is 1. The molecule has 0 fully saturated rings. The van der Waals surface area contributed by atoms with E-state index in [2.05, 4.69) is 9.82 Å². The SMILES string of the molecule is COc1ccc([C@H]2CC(c3ccc(NS(C)(=O)=O)cc3)=NN2S(=O)(=O)c2cccc(F)c2)cc1. The fourth-order valence-corrected chi connectivity index (χ4v) is 5.67. The molecule has 0 saturated heterocycles. The van der Waals surface area contributed by atoms with Crippen LogP contribution in [0.4, 0.5) is 10.1 Å². The Morgan fingerprint density at radius 1 is 1.00 bits per heavy atom. The number of halogens is 1. The van der Waals surface area contributed by atoms with Gasteiger partial charge in [0, 0.05) is 12.1 Å². The fraction of sp³-hybridized carbons (Fsp3) is 0.174. The van der Waals surface area contributed by atoms with Crippen LogP contribution in [-0.4, -0.2) is 40.3 Å². The third-order valence-electron chi connectivity index (χ3n) is 5.23. The molecule has 11 heteroatoms. The maximum absolute atomic E-state index is 13.8. The van der Waals surface area contributed by atoms with Crippen molar-refractivity contribution in [3.8, 4) is 5.75 Å². The molecule has 1 heterocycles. The Kier molecular flexibility index (Phi) is 6.32. The van der Waals surface area contributed by atoms with E-state index in [9.17, 15) is 21.2 Å². The van der Waals surface area contributed by atoms with Crippen molar-refractivity contribution in [2.75, 3.05) is 18.1 Å². The van der Waals surface area contributed by atoms with Gasteiger partial charge < -0.3 is 4.74 Å². The van der Waals surface area contributed by atoms with E-state index in [0.29, 0.717) is 28.3 Å². The highest BCUT2D eigenvalue weighted by Gasteiger charge is 2.38. The maximum atomic E-state index is 13.8. The molecule has 0 amide bonds. The molecule has 3 aromatic rings. The number of methoxy groups -OCH3 is 1. The Bertz CT molecular complexity index is 1440. The first-order valence-corrected chi connectivity index (χ1v) is 13.5. The first-order chi connectivity index (χ1) is 16.1. The molecule has 0 bridgehead atoms. The van der Waals surface area contributed by atoms with Crippen molar-refractivity contribution in [3.63, 3.8) is 0 Å². The number of rotatable bonds is 7. The van der Waals surface area contributed by atoms with Gasteiger partial charge in [0.15, 0.2) is 0 Å². The van der Waals surface area contributed by atoms with Crippen molar-refractivity contribution in [2.24, 2.45) is 5.10 Å². The molecule has 0 aromatic heterocycles. The van der Waals surface area contributed by atoms with E-state index in [1.807, 2.05) is 0 Å². The largest absolute Gasteiger partial charge is 0.497 e. The molecule has 1 N–H and O–H groups in total. The van der Waals surface area contributed by atoms with Gasteiger partial charge >= 0.3 is 0 Å². The standard InChI is InChI=1S/C23H22FN3O5S2/c1-32-20-12-8-17(9-13-20)23-15-22(16-6-10-19(11-7-16)26-33(2,28)29)25-27(23)34(30,31)21-5-3-4-18(24)14-21/h3-14,23,26H,15H2,1-2H3/t23-/m1/s1. The number of sulfonamides is 2. The van der Waals surface area contributed by atoms with Crippen molar-refractivity contribution in [3.05, 3.63) is 89.7 Å². The summed E-state index contributed by atoms with van der Waals surface area (Å²) < 4.78 is 72.2. The molecule has 34 heavy (non-hydrogen) atoms. The Labute approximate surface area is 197 Å². The number of anilines is 1. The summed E-state index contributed by atoms with van der Waals surface area (Å²) in [5.74, 6) is -0.0455. The van der Waals surface area contributed by atoms with Gasteiger partial charge in [-0.15, -0.1) is 0 Å². The van der Waals surface area contributed by atoms with Crippen LogP contribution < -0.4 is 9.46 Å². The Morgan fingerprint density at radius 3 is 2.26 bits per heavy atom. The van der Waals surface area contributed by atoms with Gasteiger partial charge in [-0.1, -0.05) is 30.3 Å². The van der Waals surface area contributed by atoms with E-state index in [4.69, 9.17) is 4.74 Å². The highest BCUT2D eigenvalue weighted by atomic mass is 32.2. The minimum atomic E-state index is -4.16. The second-order valence-electron chi connectivity index (χ2n) is 7.73. The molecule has 0 aliphatic carbocycles. The van der Waals surface area contributed by atoms with E-state index < -0.39 is 31.9 Å². The zero-order valence-electron chi connectivity index (χ0n) is 18.3. The molecule has 4 rings (SSSR count). The number of nitrogens with one attached hydrogen (secondary N) is 1. The van der Waals surface area contributed by atoms with Gasteiger partial charge in [-0.2, -0.15) is 17.9 Å². The van der Waals surface area contributed by atoms with Crippen molar-refractivity contribution in [1.29, 1.82) is 0 Å². The zero-order chi connectivity index (χ0) is 24.5. The average molecular weight is 504 g/mol. The third-order valence-corrected chi connectivity index (χ3v) is 7.52. The second kappa shape index (κ2) is 9.07. The smallest absolute Gasteiger partial charge is 0.279 e. The predicted octanol–water partition coefficient (Wildman–Crippen LogP) is 3.75. The molecule has 0 unspecified atom stereocenters. The summed E-state index contributed by atoms with van der Waals surface area (Å²) in [6.45, 7) is 0. The van der Waals surface area contributed by atoms with Crippen LogP contribution in [0.25, 0.3) is 0 Å². The van der Waals surface area contributed by atoms with Crippen LogP contribution in [0, 0.1) is 5.82 Å². The zero-order valence-corrected chi connectivity index (χ0v) is 20.0. The van der Waals surface area contributed by atoms with Crippen molar-refractivity contribution >= 4 is 31.4 Å². The fourth-order valence-electron chi connectivity index (χ4n) is 3.64. The Balaban J connectivity index is 1.74. The number of hydrogen-bond donors (Lipinski definition) is 1. The molecule has 1 aliphatic rings. The predicted molar refractivity (Wildman–Crippen MR) is 127 cm³/mol. The maximum Gasteiger partial charge on any atom is 0.279 e. The molecule has 1 atom stereocenters. The Morgan fingerprint density at radius 2 is 1.68 bits per heavy atom. The highest BCUT2D eigenvalue weighted by molar-refractivity contribution is 7.92. The van der Waals surface area contributed by atoms with Crippen LogP contribution in [-0.2, 0) is 20.0 Å². The molecule has 0 spiro atoms. The van der Waals surface area contributed by atoms with Gasteiger partial charge in [-0.05, 0) is 53.6 Å². The monoisotopic (exact) mass is 503 g/mol. The minimum Gasteiger partial charge on any atom is -0.497 e. The molecular weight excluding hydrogens is 481 g/mol. The lowest BCUT2D eigenvalue weighted by Gasteiger charge is -2.23. The summed E-state index contributed by atoms with van der Waals surface area (Å²) in [6, 6.07) is 17.6. The summed E-state index contributed by atoms with van der Waals surface area (Å²) in [5, 5.41) is 4.41. The van der Waals surface area contributed by atoms with Crippen molar-refractivity contribution < 1.29 is 26.0 Å². The minimum absolute atomic E-state index is 0.205. The lowest BCUT2D eigenvalue weighted by Crippen LogP contribution is -2.27. The summed E-state index contributed by atoms with van der Waals surface area (Å²) in [5.41, 5.74) is 2.19. The van der Waals surface area contributed by atoms with Crippen LogP contribution in [0.5, 0.6) is 5.75 Å². The first kappa shape index (κ1) is 23.7. The topological polar surface area (TPSA) is 105 Å². The van der Waals surface area contributed by atoms with E-state index in [0.717, 1.165) is 16.7 Å². The molecule has 3 aromatic carbocycles. The lowest BCUT2D eigenvalue weighted by molar-refractivity contribution is 0.370. The van der Waals surface area contributed by atoms with Crippen LogP contribution in [0.15, 0.2) is 82.8 Å². The van der Waals surface area contributed by atoms with E-state index in [1.54, 1.807) is 48.5 Å². The summed E-state index contributed by atoms with van der Waals surface area (Å²) in [7, 11) is -6.06. The quantitative estimate of drug-likeness (QED) is 0.529. The van der Waals surface area contributed by atoms with Crippen LogP contribution in [0.2, 0.25) is 0 Å².